The molecule has 26 heavy (non-hydrogen) atoms. The van der Waals surface area contributed by atoms with Crippen molar-refractivity contribution in [1.29, 1.82) is 0 Å². The minimum absolute atomic E-state index is 0.0557. The summed E-state index contributed by atoms with van der Waals surface area (Å²) in [5.41, 5.74) is 1.75. The molecule has 3 rings (SSSR count). The smallest absolute Gasteiger partial charge is 0.243 e. The quantitative estimate of drug-likeness (QED) is 0.891. The van der Waals surface area contributed by atoms with Crippen LogP contribution < -0.4 is 5.32 Å². The van der Waals surface area contributed by atoms with E-state index in [0.29, 0.717) is 12.8 Å². The molecule has 1 fully saturated rings. The van der Waals surface area contributed by atoms with E-state index < -0.39 is 27.8 Å². The topological polar surface area (TPSA) is 66.5 Å². The number of rotatable bonds is 4. The molecule has 0 radical (unpaired) electrons. The van der Waals surface area contributed by atoms with Gasteiger partial charge in [0.1, 0.15) is 11.9 Å². The van der Waals surface area contributed by atoms with E-state index in [1.165, 1.54) is 28.6 Å². The number of carbonyl (C=O) groups excluding carboxylic acids is 1. The van der Waals surface area contributed by atoms with Gasteiger partial charge in [0.05, 0.1) is 10.6 Å². The molecule has 1 heterocycles. The Morgan fingerprint density at radius 1 is 1.12 bits per heavy atom. The van der Waals surface area contributed by atoms with Crippen molar-refractivity contribution < 1.29 is 17.6 Å². The fraction of sp³-hybridized carbons (Fsp3) is 0.316. The summed E-state index contributed by atoms with van der Waals surface area (Å²) in [5.74, 6) is -1.05. The summed E-state index contributed by atoms with van der Waals surface area (Å²) in [7, 11) is -3.78. The second-order valence-corrected chi connectivity index (χ2v) is 8.45. The first-order valence-electron chi connectivity index (χ1n) is 8.44. The van der Waals surface area contributed by atoms with E-state index in [2.05, 4.69) is 5.32 Å². The maximum atomic E-state index is 14.0. The molecular weight excluding hydrogens is 355 g/mol. The van der Waals surface area contributed by atoms with Crippen LogP contribution in [0.5, 0.6) is 0 Å². The molecule has 0 saturated carbocycles. The monoisotopic (exact) mass is 376 g/mol. The number of halogens is 1. The van der Waals surface area contributed by atoms with Gasteiger partial charge in [0.25, 0.3) is 0 Å². The zero-order chi connectivity index (χ0) is 18.9. The van der Waals surface area contributed by atoms with Gasteiger partial charge in [-0.2, -0.15) is 4.31 Å². The SMILES string of the molecule is Cc1ccc(S(=O)(=O)N2CCCC2C(=O)Nc2ccc(C)cc2F)cc1. The molecule has 1 aliphatic heterocycles. The van der Waals surface area contributed by atoms with Gasteiger partial charge in [-0.15, -0.1) is 0 Å². The van der Waals surface area contributed by atoms with Crippen LogP contribution >= 0.6 is 0 Å². The number of benzene rings is 2. The van der Waals surface area contributed by atoms with Crippen molar-refractivity contribution in [3.63, 3.8) is 0 Å². The summed E-state index contributed by atoms with van der Waals surface area (Å²) in [4.78, 5) is 12.8. The van der Waals surface area contributed by atoms with Gasteiger partial charge in [0, 0.05) is 6.54 Å². The highest BCUT2D eigenvalue weighted by Crippen LogP contribution is 2.27. The molecule has 7 heteroatoms. The van der Waals surface area contributed by atoms with Gasteiger partial charge in [0.2, 0.25) is 15.9 Å². The van der Waals surface area contributed by atoms with Crippen molar-refractivity contribution in [2.45, 2.75) is 37.6 Å². The van der Waals surface area contributed by atoms with Crippen molar-refractivity contribution in [2.75, 3.05) is 11.9 Å². The van der Waals surface area contributed by atoms with Gasteiger partial charge >= 0.3 is 0 Å². The Balaban J connectivity index is 1.83. The third-order valence-electron chi connectivity index (χ3n) is 4.52. The minimum atomic E-state index is -3.78. The number of aryl methyl sites for hydroxylation is 2. The lowest BCUT2D eigenvalue weighted by Gasteiger charge is -2.23. The second kappa shape index (κ2) is 7.17. The van der Waals surface area contributed by atoms with Crippen LogP contribution in [0.3, 0.4) is 0 Å². The summed E-state index contributed by atoms with van der Waals surface area (Å²) in [6.07, 6.45) is 0.990. The van der Waals surface area contributed by atoms with Crippen LogP contribution in [0.15, 0.2) is 47.4 Å². The highest BCUT2D eigenvalue weighted by Gasteiger charge is 2.39. The maximum absolute atomic E-state index is 14.0. The van der Waals surface area contributed by atoms with E-state index in [4.69, 9.17) is 0 Å². The molecule has 2 aromatic carbocycles. The van der Waals surface area contributed by atoms with E-state index in [-0.39, 0.29) is 17.1 Å². The molecule has 1 unspecified atom stereocenters. The Morgan fingerprint density at radius 3 is 2.42 bits per heavy atom. The predicted octanol–water partition coefficient (Wildman–Crippen LogP) is 3.23. The molecule has 0 spiro atoms. The van der Waals surface area contributed by atoms with Gasteiger partial charge in [-0.25, -0.2) is 12.8 Å². The molecular formula is C19H21FN2O3S. The molecule has 1 N–H and O–H groups in total. The van der Waals surface area contributed by atoms with Crippen LogP contribution in [0.25, 0.3) is 0 Å². The van der Waals surface area contributed by atoms with Crippen LogP contribution in [0.2, 0.25) is 0 Å². The summed E-state index contributed by atoms with van der Waals surface area (Å²) in [5, 5.41) is 2.52. The Kier molecular flexibility index (Phi) is 5.11. The van der Waals surface area contributed by atoms with Crippen molar-refractivity contribution in [3.05, 3.63) is 59.4 Å². The average Bonchev–Trinajstić information content (AvgIpc) is 3.08. The first-order valence-corrected chi connectivity index (χ1v) is 9.88. The van der Waals surface area contributed by atoms with E-state index in [9.17, 15) is 17.6 Å². The summed E-state index contributed by atoms with van der Waals surface area (Å²) in [6, 6.07) is 10.2. The number of amides is 1. The molecule has 5 nitrogen and oxygen atoms in total. The van der Waals surface area contributed by atoms with Crippen LogP contribution in [0, 0.1) is 19.7 Å². The molecule has 1 atom stereocenters. The largest absolute Gasteiger partial charge is 0.322 e. The molecule has 1 saturated heterocycles. The van der Waals surface area contributed by atoms with Gasteiger partial charge < -0.3 is 5.32 Å². The van der Waals surface area contributed by atoms with Gasteiger partial charge in [-0.3, -0.25) is 4.79 Å². The summed E-state index contributed by atoms with van der Waals surface area (Å²) >= 11 is 0. The fourth-order valence-electron chi connectivity index (χ4n) is 3.07. The van der Waals surface area contributed by atoms with Crippen LogP contribution in [-0.4, -0.2) is 31.2 Å². The van der Waals surface area contributed by atoms with E-state index >= 15 is 0 Å². The zero-order valence-electron chi connectivity index (χ0n) is 14.7. The molecule has 138 valence electrons. The number of nitrogens with zero attached hydrogens (tertiary/aromatic N) is 1. The van der Waals surface area contributed by atoms with Crippen LogP contribution in [0.4, 0.5) is 10.1 Å². The van der Waals surface area contributed by atoms with Crippen LogP contribution in [0.1, 0.15) is 24.0 Å². The normalized spacial score (nSPS) is 18.0. The highest BCUT2D eigenvalue weighted by molar-refractivity contribution is 7.89. The van der Waals surface area contributed by atoms with Crippen molar-refractivity contribution in [2.24, 2.45) is 0 Å². The number of sulfonamides is 1. The lowest BCUT2D eigenvalue weighted by molar-refractivity contribution is -0.119. The molecule has 1 amide bonds. The van der Waals surface area contributed by atoms with E-state index in [1.807, 2.05) is 6.92 Å². The number of carbonyl (C=O) groups is 1. The van der Waals surface area contributed by atoms with Gasteiger partial charge in [-0.05, 0) is 56.5 Å². The Bertz CT molecular complexity index is 926. The number of hydrogen-bond acceptors (Lipinski definition) is 3. The molecule has 0 aromatic heterocycles. The predicted molar refractivity (Wildman–Crippen MR) is 97.9 cm³/mol. The van der Waals surface area contributed by atoms with Crippen LogP contribution in [-0.2, 0) is 14.8 Å². The Hall–Kier alpha value is -2.25. The molecule has 0 aliphatic carbocycles. The highest BCUT2D eigenvalue weighted by atomic mass is 32.2. The molecule has 1 aliphatic rings. The standard InChI is InChI=1S/C19H21FN2O3S/c1-13-5-8-15(9-6-13)26(24,25)22-11-3-4-18(22)19(23)21-17-10-7-14(2)12-16(17)20/h5-10,12,18H,3-4,11H2,1-2H3,(H,21,23). The number of nitrogens with one attached hydrogen (secondary N) is 1. The van der Waals surface area contributed by atoms with Gasteiger partial charge in [-0.1, -0.05) is 23.8 Å². The average molecular weight is 376 g/mol. The second-order valence-electron chi connectivity index (χ2n) is 6.56. The maximum Gasteiger partial charge on any atom is 0.243 e. The van der Waals surface area contributed by atoms with E-state index in [1.54, 1.807) is 25.1 Å². The lowest BCUT2D eigenvalue weighted by Crippen LogP contribution is -2.43. The van der Waals surface area contributed by atoms with E-state index in [0.717, 1.165) is 11.1 Å². The minimum Gasteiger partial charge on any atom is -0.322 e. The molecule has 0 bridgehead atoms. The van der Waals surface area contributed by atoms with Crippen molar-refractivity contribution >= 4 is 21.6 Å². The number of hydrogen-bond donors (Lipinski definition) is 1. The first kappa shape index (κ1) is 18.5. The van der Waals surface area contributed by atoms with Crippen molar-refractivity contribution in [1.82, 2.24) is 4.31 Å². The Labute approximate surface area is 152 Å². The van der Waals surface area contributed by atoms with Gasteiger partial charge in [0.15, 0.2) is 0 Å². The lowest BCUT2D eigenvalue weighted by atomic mass is 10.2. The third kappa shape index (κ3) is 3.64. The summed E-state index contributed by atoms with van der Waals surface area (Å²) in [6.45, 7) is 3.89. The fourth-order valence-corrected chi connectivity index (χ4v) is 4.73. The van der Waals surface area contributed by atoms with Crippen molar-refractivity contribution in [3.8, 4) is 0 Å². The first-order chi connectivity index (χ1) is 12.3. The Morgan fingerprint density at radius 2 is 1.77 bits per heavy atom. The molecule has 2 aromatic rings. The zero-order valence-corrected chi connectivity index (χ0v) is 15.5. The number of anilines is 1. The summed E-state index contributed by atoms with van der Waals surface area (Å²) < 4.78 is 41.0. The third-order valence-corrected chi connectivity index (χ3v) is 6.44.